The maximum Gasteiger partial charge on any atom is 0.341 e. The number of phenolic OH excluding ortho intramolecular Hbond substituents is 1. The molecule has 12 heteroatoms. The van der Waals surface area contributed by atoms with Gasteiger partial charge in [0, 0.05) is 17.0 Å². The van der Waals surface area contributed by atoms with Crippen molar-refractivity contribution in [3.8, 4) is 17.2 Å². The van der Waals surface area contributed by atoms with E-state index in [0.29, 0.717) is 42.0 Å². The molecule has 1 amide bonds. The van der Waals surface area contributed by atoms with Gasteiger partial charge in [-0.15, -0.1) is 0 Å². The molecule has 0 heterocycles. The zero-order valence-electron chi connectivity index (χ0n) is 24.6. The number of ether oxygens (including phenoxy) is 2. The van der Waals surface area contributed by atoms with E-state index in [9.17, 15) is 27.9 Å². The van der Waals surface area contributed by atoms with Crippen molar-refractivity contribution in [3.63, 3.8) is 0 Å². The molecule has 44 heavy (non-hydrogen) atoms. The first kappa shape index (κ1) is 34.4. The standard InChI is InChI=1S/C32H36ClNO9S/c1-3-6-26-28(16-14-25(21(2)35)32(26)39)42-17-4-8-30(36)34-27-19-22(9-15-29(27)43-20-31(37)38)7-5-18-44(40,41)24-12-10-23(33)11-13-24/h9-16,19,39H,3-8,17-18,20H2,1-2H3,(H,34,36)(H,37,38). The number of carboxylic acids is 1. The Bertz CT molecular complexity index is 1590. The summed E-state index contributed by atoms with van der Waals surface area (Å²) < 4.78 is 36.5. The molecule has 0 spiro atoms. The highest BCUT2D eigenvalue weighted by Gasteiger charge is 2.17. The number of ketones is 1. The van der Waals surface area contributed by atoms with E-state index in [0.717, 1.165) is 12.0 Å². The predicted molar refractivity (Wildman–Crippen MR) is 167 cm³/mol. The van der Waals surface area contributed by atoms with Crippen molar-refractivity contribution in [1.29, 1.82) is 0 Å². The topological polar surface area (TPSA) is 156 Å². The Morgan fingerprint density at radius 3 is 2.30 bits per heavy atom. The number of nitrogens with one attached hydrogen (secondary N) is 1. The third kappa shape index (κ3) is 9.99. The number of aliphatic carboxylic acids is 1. The first-order valence-corrected chi connectivity index (χ1v) is 16.2. The average Bonchev–Trinajstić information content (AvgIpc) is 2.96. The molecule has 0 aliphatic heterocycles. The van der Waals surface area contributed by atoms with Gasteiger partial charge in [-0.3, -0.25) is 9.59 Å². The van der Waals surface area contributed by atoms with Gasteiger partial charge in [-0.25, -0.2) is 13.2 Å². The molecule has 10 nitrogen and oxygen atoms in total. The van der Waals surface area contributed by atoms with Gasteiger partial charge in [0.1, 0.15) is 17.2 Å². The number of phenols is 1. The quantitative estimate of drug-likeness (QED) is 0.121. The van der Waals surface area contributed by atoms with Crippen LogP contribution in [-0.2, 0) is 32.3 Å². The van der Waals surface area contributed by atoms with Crippen molar-refractivity contribution >= 4 is 44.8 Å². The average molecular weight is 646 g/mol. The normalized spacial score (nSPS) is 11.2. The second kappa shape index (κ2) is 16.1. The zero-order chi connectivity index (χ0) is 32.3. The molecule has 236 valence electrons. The summed E-state index contributed by atoms with van der Waals surface area (Å²) in [7, 11) is -3.51. The van der Waals surface area contributed by atoms with Crippen LogP contribution in [0.15, 0.2) is 59.5 Å². The fraction of sp³-hybridized carbons (Fsp3) is 0.344. The maximum absolute atomic E-state index is 12.8. The number of hydrogen-bond donors (Lipinski definition) is 3. The lowest BCUT2D eigenvalue weighted by atomic mass is 10.0. The SMILES string of the molecule is CCCc1c(OCCCC(=O)Nc2cc(CCCS(=O)(=O)c3ccc(Cl)cc3)ccc2OCC(=O)O)ccc(C(C)=O)c1O. The largest absolute Gasteiger partial charge is 0.507 e. The predicted octanol–water partition coefficient (Wildman–Crippen LogP) is 5.87. The lowest BCUT2D eigenvalue weighted by Crippen LogP contribution is -2.16. The Labute approximate surface area is 261 Å². The Balaban J connectivity index is 1.61. The van der Waals surface area contributed by atoms with Crippen molar-refractivity contribution in [2.75, 3.05) is 24.3 Å². The van der Waals surface area contributed by atoms with Gasteiger partial charge in [0.25, 0.3) is 0 Å². The number of aryl methyl sites for hydroxylation is 1. The fourth-order valence-electron chi connectivity index (χ4n) is 4.48. The Hall–Kier alpha value is -4.09. The van der Waals surface area contributed by atoms with Crippen LogP contribution in [0.2, 0.25) is 5.02 Å². The van der Waals surface area contributed by atoms with E-state index >= 15 is 0 Å². The number of carbonyl (C=O) groups is 3. The van der Waals surface area contributed by atoms with Crippen molar-refractivity contribution in [3.05, 3.63) is 76.3 Å². The highest BCUT2D eigenvalue weighted by atomic mass is 35.5. The van der Waals surface area contributed by atoms with Crippen molar-refractivity contribution in [2.45, 2.75) is 57.3 Å². The van der Waals surface area contributed by atoms with Gasteiger partial charge in [-0.2, -0.15) is 0 Å². The van der Waals surface area contributed by atoms with Gasteiger partial charge in [-0.1, -0.05) is 31.0 Å². The summed E-state index contributed by atoms with van der Waals surface area (Å²) in [5.74, 6) is -1.36. The van der Waals surface area contributed by atoms with Crippen LogP contribution >= 0.6 is 11.6 Å². The number of sulfone groups is 1. The van der Waals surface area contributed by atoms with E-state index in [4.69, 9.17) is 26.2 Å². The number of rotatable bonds is 17. The highest BCUT2D eigenvalue weighted by molar-refractivity contribution is 7.91. The molecule has 0 unspecified atom stereocenters. The van der Waals surface area contributed by atoms with Gasteiger partial charge in [-0.05, 0) is 86.7 Å². The van der Waals surface area contributed by atoms with Crippen LogP contribution in [0, 0.1) is 0 Å². The number of carboxylic acid groups (broad SMARTS) is 1. The molecule has 0 aromatic heterocycles. The minimum atomic E-state index is -3.51. The molecule has 3 rings (SSSR count). The van der Waals surface area contributed by atoms with Crippen molar-refractivity contribution in [1.82, 2.24) is 0 Å². The Morgan fingerprint density at radius 2 is 1.64 bits per heavy atom. The lowest BCUT2D eigenvalue weighted by Gasteiger charge is -2.15. The second-order valence-electron chi connectivity index (χ2n) is 10.1. The van der Waals surface area contributed by atoms with Crippen LogP contribution in [0.3, 0.4) is 0 Å². The number of amides is 1. The molecule has 3 aromatic carbocycles. The fourth-order valence-corrected chi connectivity index (χ4v) is 5.91. The minimum Gasteiger partial charge on any atom is -0.507 e. The molecule has 3 aromatic rings. The highest BCUT2D eigenvalue weighted by Crippen LogP contribution is 2.33. The van der Waals surface area contributed by atoms with Gasteiger partial charge >= 0.3 is 5.97 Å². The van der Waals surface area contributed by atoms with Gasteiger partial charge in [0.15, 0.2) is 22.2 Å². The second-order valence-corrected chi connectivity index (χ2v) is 12.7. The molecule has 0 bridgehead atoms. The van der Waals surface area contributed by atoms with E-state index in [1.807, 2.05) is 6.92 Å². The summed E-state index contributed by atoms with van der Waals surface area (Å²) in [5, 5.41) is 22.7. The molecular weight excluding hydrogens is 610 g/mol. The number of halogens is 1. The van der Waals surface area contributed by atoms with Gasteiger partial charge in [0.2, 0.25) is 5.91 Å². The van der Waals surface area contributed by atoms with Crippen molar-refractivity contribution < 1.29 is 42.5 Å². The van der Waals surface area contributed by atoms with E-state index in [1.165, 1.54) is 43.3 Å². The molecule has 0 atom stereocenters. The third-order valence-electron chi connectivity index (χ3n) is 6.65. The summed E-state index contributed by atoms with van der Waals surface area (Å²) in [6.45, 7) is 2.89. The van der Waals surface area contributed by atoms with Crippen LogP contribution < -0.4 is 14.8 Å². The number of Topliss-reactive ketones (excluding diaryl/α,β-unsaturated/α-hetero) is 1. The summed E-state index contributed by atoms with van der Waals surface area (Å²) in [6.07, 6.45) is 2.36. The molecule has 3 N–H and O–H groups in total. The van der Waals surface area contributed by atoms with Gasteiger partial charge in [0.05, 0.1) is 28.5 Å². The van der Waals surface area contributed by atoms with E-state index < -0.39 is 22.4 Å². The van der Waals surface area contributed by atoms with Crippen LogP contribution in [0.25, 0.3) is 0 Å². The summed E-state index contributed by atoms with van der Waals surface area (Å²) >= 11 is 5.85. The number of anilines is 1. The number of benzene rings is 3. The first-order chi connectivity index (χ1) is 20.9. The monoisotopic (exact) mass is 645 g/mol. The summed E-state index contributed by atoms with van der Waals surface area (Å²) in [5.41, 5.74) is 1.77. The Kier molecular flexibility index (Phi) is 12.6. The zero-order valence-corrected chi connectivity index (χ0v) is 26.2. The molecule has 0 saturated carbocycles. The van der Waals surface area contributed by atoms with E-state index in [1.54, 1.807) is 18.2 Å². The molecule has 0 aliphatic carbocycles. The number of carbonyl (C=O) groups excluding carboxylic acids is 2. The lowest BCUT2D eigenvalue weighted by molar-refractivity contribution is -0.139. The van der Waals surface area contributed by atoms with E-state index in [2.05, 4.69) is 5.32 Å². The number of hydrogen-bond acceptors (Lipinski definition) is 8. The maximum atomic E-state index is 12.8. The molecule has 0 saturated heterocycles. The molecular formula is C32H36ClNO9S. The minimum absolute atomic E-state index is 0.0720. The third-order valence-corrected chi connectivity index (χ3v) is 8.71. The smallest absolute Gasteiger partial charge is 0.341 e. The molecule has 0 radical (unpaired) electrons. The molecule has 0 fully saturated rings. The Morgan fingerprint density at radius 1 is 0.932 bits per heavy atom. The number of aromatic hydroxyl groups is 1. The first-order valence-electron chi connectivity index (χ1n) is 14.2. The van der Waals surface area contributed by atoms with Crippen molar-refractivity contribution in [2.24, 2.45) is 0 Å². The van der Waals surface area contributed by atoms with E-state index in [-0.39, 0.29) is 58.1 Å². The summed E-state index contributed by atoms with van der Waals surface area (Å²) in [6, 6.07) is 14.0. The molecule has 0 aliphatic rings. The van der Waals surface area contributed by atoms with Crippen LogP contribution in [0.5, 0.6) is 17.2 Å². The van der Waals surface area contributed by atoms with Gasteiger partial charge < -0.3 is 25.0 Å². The van der Waals surface area contributed by atoms with Crippen LogP contribution in [0.4, 0.5) is 5.69 Å². The van der Waals surface area contributed by atoms with Crippen LogP contribution in [0.1, 0.15) is 61.0 Å². The summed E-state index contributed by atoms with van der Waals surface area (Å²) in [4.78, 5) is 35.8. The van der Waals surface area contributed by atoms with Crippen LogP contribution in [-0.4, -0.2) is 55.3 Å².